The zero-order valence-electron chi connectivity index (χ0n) is 12.4. The third kappa shape index (κ3) is 4.29. The van der Waals surface area contributed by atoms with Crippen molar-refractivity contribution < 1.29 is 19.7 Å². The first-order valence-corrected chi connectivity index (χ1v) is 7.68. The highest BCUT2D eigenvalue weighted by Gasteiger charge is 2.37. The first-order chi connectivity index (χ1) is 10.1. The highest BCUT2D eigenvalue weighted by atomic mass is 16.5. The van der Waals surface area contributed by atoms with Gasteiger partial charge in [0.05, 0.1) is 18.8 Å². The summed E-state index contributed by atoms with van der Waals surface area (Å²) in [5.74, 6) is -0.169. The van der Waals surface area contributed by atoms with Gasteiger partial charge in [0.15, 0.2) is 0 Å². The van der Waals surface area contributed by atoms with Gasteiger partial charge < -0.3 is 14.9 Å². The molecule has 0 heterocycles. The molecule has 1 saturated carbocycles. The minimum atomic E-state index is -0.603. The number of hydrogen-bond donors (Lipinski definition) is 2. The van der Waals surface area contributed by atoms with E-state index < -0.39 is 12.2 Å². The van der Waals surface area contributed by atoms with Crippen LogP contribution in [0, 0.1) is 11.8 Å². The van der Waals surface area contributed by atoms with Gasteiger partial charge in [0.25, 0.3) is 0 Å². The molecule has 4 heteroatoms. The van der Waals surface area contributed by atoms with Gasteiger partial charge in [0.2, 0.25) is 0 Å². The van der Waals surface area contributed by atoms with Crippen molar-refractivity contribution in [2.45, 2.75) is 44.8 Å². The molecule has 4 atom stereocenters. The Kier molecular flexibility index (Phi) is 5.76. The monoisotopic (exact) mass is 292 g/mol. The number of hydrogen-bond acceptors (Lipinski definition) is 4. The van der Waals surface area contributed by atoms with Crippen LogP contribution >= 0.6 is 0 Å². The molecule has 21 heavy (non-hydrogen) atoms. The number of rotatable bonds is 6. The molecule has 0 aromatic heterocycles. The number of esters is 1. The Labute approximate surface area is 125 Å². The van der Waals surface area contributed by atoms with E-state index in [0.717, 1.165) is 12.0 Å². The van der Waals surface area contributed by atoms with Crippen LogP contribution in [0.5, 0.6) is 0 Å². The largest absolute Gasteiger partial charge is 0.466 e. The second-order valence-electron chi connectivity index (χ2n) is 5.74. The van der Waals surface area contributed by atoms with Gasteiger partial charge >= 0.3 is 5.97 Å². The molecule has 0 radical (unpaired) electrons. The maximum Gasteiger partial charge on any atom is 0.306 e. The molecule has 1 fully saturated rings. The van der Waals surface area contributed by atoms with Crippen LogP contribution in [0.1, 0.15) is 44.3 Å². The predicted molar refractivity (Wildman–Crippen MR) is 79.5 cm³/mol. The maximum atomic E-state index is 11.6. The summed E-state index contributed by atoms with van der Waals surface area (Å²) in [6.07, 6.45) is 1.27. The number of ether oxygens (including phenoxy) is 1. The smallest absolute Gasteiger partial charge is 0.306 e. The zero-order chi connectivity index (χ0) is 15.2. The summed E-state index contributed by atoms with van der Waals surface area (Å²) in [6.45, 7) is 2.17. The number of carbonyl (C=O) groups is 1. The van der Waals surface area contributed by atoms with Crippen LogP contribution in [0.3, 0.4) is 0 Å². The van der Waals surface area contributed by atoms with Crippen molar-refractivity contribution in [3.63, 3.8) is 0 Å². The third-order valence-corrected chi connectivity index (χ3v) is 4.35. The fourth-order valence-electron chi connectivity index (χ4n) is 3.23. The molecule has 1 aromatic carbocycles. The molecule has 116 valence electrons. The van der Waals surface area contributed by atoms with Gasteiger partial charge in [-0.2, -0.15) is 0 Å². The van der Waals surface area contributed by atoms with Crippen molar-refractivity contribution >= 4 is 5.97 Å². The summed E-state index contributed by atoms with van der Waals surface area (Å²) in [4.78, 5) is 11.6. The first-order valence-electron chi connectivity index (χ1n) is 7.68. The third-order valence-electron chi connectivity index (χ3n) is 4.35. The minimum Gasteiger partial charge on any atom is -0.466 e. The highest BCUT2D eigenvalue weighted by molar-refractivity contribution is 5.69. The Balaban J connectivity index is 1.97. The first kappa shape index (κ1) is 16.0. The SMILES string of the molecule is CCOC(=O)CC1CCC(O)C1CC(O)c1ccccc1. The fraction of sp³-hybridized carbons (Fsp3) is 0.588. The molecular weight excluding hydrogens is 268 g/mol. The molecule has 1 aromatic rings. The Morgan fingerprint density at radius 2 is 2.05 bits per heavy atom. The van der Waals surface area contributed by atoms with Gasteiger partial charge in [-0.25, -0.2) is 0 Å². The molecule has 0 spiro atoms. The van der Waals surface area contributed by atoms with Gasteiger partial charge in [0.1, 0.15) is 0 Å². The lowest BCUT2D eigenvalue weighted by atomic mass is 9.85. The van der Waals surface area contributed by atoms with Gasteiger partial charge in [-0.1, -0.05) is 30.3 Å². The normalized spacial score (nSPS) is 26.5. The number of aliphatic hydroxyl groups is 2. The topological polar surface area (TPSA) is 66.8 Å². The Morgan fingerprint density at radius 1 is 1.33 bits per heavy atom. The second kappa shape index (κ2) is 7.57. The van der Waals surface area contributed by atoms with Gasteiger partial charge in [-0.3, -0.25) is 4.79 Å². The molecule has 1 aliphatic carbocycles. The van der Waals surface area contributed by atoms with E-state index in [1.807, 2.05) is 30.3 Å². The maximum absolute atomic E-state index is 11.6. The quantitative estimate of drug-likeness (QED) is 0.790. The summed E-state index contributed by atoms with van der Waals surface area (Å²) in [6, 6.07) is 9.45. The van der Waals surface area contributed by atoms with Crippen molar-refractivity contribution in [1.82, 2.24) is 0 Å². The Morgan fingerprint density at radius 3 is 2.71 bits per heavy atom. The van der Waals surface area contributed by atoms with E-state index in [-0.39, 0.29) is 17.8 Å². The van der Waals surface area contributed by atoms with E-state index in [0.29, 0.717) is 25.9 Å². The molecular formula is C17H24O4. The summed E-state index contributed by atoms with van der Waals surface area (Å²) in [7, 11) is 0. The predicted octanol–water partition coefficient (Wildman–Crippen LogP) is 2.45. The minimum absolute atomic E-state index is 0.0513. The highest BCUT2D eigenvalue weighted by Crippen LogP contribution is 2.40. The summed E-state index contributed by atoms with van der Waals surface area (Å²) >= 11 is 0. The summed E-state index contributed by atoms with van der Waals surface area (Å²) < 4.78 is 4.99. The molecule has 0 bridgehead atoms. The van der Waals surface area contributed by atoms with Crippen LogP contribution in [0.4, 0.5) is 0 Å². The number of carbonyl (C=O) groups excluding carboxylic acids is 1. The lowest BCUT2D eigenvalue weighted by molar-refractivity contribution is -0.144. The van der Waals surface area contributed by atoms with Crippen molar-refractivity contribution in [2.24, 2.45) is 11.8 Å². The standard InChI is InChI=1S/C17H24O4/c1-2-21-17(20)10-13-8-9-15(18)14(13)11-16(19)12-6-4-3-5-7-12/h3-7,13-16,18-19H,2,8-11H2,1H3. The van der Waals surface area contributed by atoms with Crippen molar-refractivity contribution in [3.05, 3.63) is 35.9 Å². The van der Waals surface area contributed by atoms with Crippen LogP contribution in [-0.2, 0) is 9.53 Å². The second-order valence-corrected chi connectivity index (χ2v) is 5.74. The van der Waals surface area contributed by atoms with Crippen molar-refractivity contribution in [2.75, 3.05) is 6.61 Å². The fourth-order valence-corrected chi connectivity index (χ4v) is 3.23. The van der Waals surface area contributed by atoms with Gasteiger partial charge in [-0.05, 0) is 43.6 Å². The summed E-state index contributed by atoms with van der Waals surface area (Å²) in [5, 5.41) is 20.5. The lowest BCUT2D eigenvalue weighted by Crippen LogP contribution is -2.24. The van der Waals surface area contributed by atoms with Crippen molar-refractivity contribution in [1.29, 1.82) is 0 Å². The molecule has 1 aliphatic rings. The average molecular weight is 292 g/mol. The Bertz CT molecular complexity index is 445. The Hall–Kier alpha value is -1.39. The van der Waals surface area contributed by atoms with E-state index in [4.69, 9.17) is 4.74 Å². The summed E-state index contributed by atoms with van der Waals surface area (Å²) in [5.41, 5.74) is 0.853. The van der Waals surface area contributed by atoms with Crippen LogP contribution in [0.25, 0.3) is 0 Å². The van der Waals surface area contributed by atoms with Gasteiger partial charge in [-0.15, -0.1) is 0 Å². The molecule has 2 N–H and O–H groups in total. The molecule has 0 aliphatic heterocycles. The van der Waals surface area contributed by atoms with E-state index in [1.165, 1.54) is 0 Å². The zero-order valence-corrected chi connectivity index (χ0v) is 12.4. The molecule has 0 amide bonds. The molecule has 0 saturated heterocycles. The molecule has 4 nitrogen and oxygen atoms in total. The number of benzene rings is 1. The molecule has 4 unspecified atom stereocenters. The average Bonchev–Trinajstić information content (AvgIpc) is 2.81. The lowest BCUT2D eigenvalue weighted by Gasteiger charge is -2.24. The van der Waals surface area contributed by atoms with E-state index in [2.05, 4.69) is 0 Å². The van der Waals surface area contributed by atoms with Gasteiger partial charge in [0, 0.05) is 6.42 Å². The van der Waals surface area contributed by atoms with E-state index in [9.17, 15) is 15.0 Å². The van der Waals surface area contributed by atoms with Crippen LogP contribution < -0.4 is 0 Å². The van der Waals surface area contributed by atoms with Crippen LogP contribution in [0.2, 0.25) is 0 Å². The van der Waals surface area contributed by atoms with E-state index >= 15 is 0 Å². The number of aliphatic hydroxyl groups excluding tert-OH is 2. The van der Waals surface area contributed by atoms with Crippen LogP contribution in [0.15, 0.2) is 30.3 Å². The van der Waals surface area contributed by atoms with Crippen LogP contribution in [-0.4, -0.2) is 28.9 Å². The van der Waals surface area contributed by atoms with E-state index in [1.54, 1.807) is 6.92 Å². The molecule has 2 rings (SSSR count). The van der Waals surface area contributed by atoms with Crippen molar-refractivity contribution in [3.8, 4) is 0 Å².